The van der Waals surface area contributed by atoms with Crippen molar-refractivity contribution >= 4 is 0 Å². The van der Waals surface area contributed by atoms with Crippen molar-refractivity contribution in [3.05, 3.63) is 47.5 Å². The van der Waals surface area contributed by atoms with Gasteiger partial charge in [0, 0.05) is 5.92 Å². The lowest BCUT2D eigenvalue weighted by Crippen LogP contribution is -2.39. The van der Waals surface area contributed by atoms with Crippen LogP contribution in [0, 0.1) is 5.92 Å². The van der Waals surface area contributed by atoms with Gasteiger partial charge < -0.3 is 33.5 Å². The molecule has 7 heteroatoms. The summed E-state index contributed by atoms with van der Waals surface area (Å²) < 4.78 is 33.5. The van der Waals surface area contributed by atoms with Gasteiger partial charge in [0.2, 0.25) is 0 Å². The molecule has 2 aliphatic rings. The van der Waals surface area contributed by atoms with Crippen LogP contribution in [0.15, 0.2) is 36.4 Å². The largest absolute Gasteiger partial charge is 0.493 e. The molecule has 29 heavy (non-hydrogen) atoms. The molecule has 2 saturated heterocycles. The molecule has 156 valence electrons. The maximum Gasteiger partial charge on any atom is 0.161 e. The van der Waals surface area contributed by atoms with Crippen molar-refractivity contribution in [2.24, 2.45) is 5.92 Å². The highest BCUT2D eigenvalue weighted by molar-refractivity contribution is 5.46. The Labute approximate surface area is 170 Å². The van der Waals surface area contributed by atoms with E-state index in [-0.39, 0.29) is 18.6 Å². The molecule has 0 spiro atoms. The first-order chi connectivity index (χ1) is 14.0. The van der Waals surface area contributed by atoms with Crippen LogP contribution in [0.1, 0.15) is 23.3 Å². The molecule has 1 N–H and O–H groups in total. The van der Waals surface area contributed by atoms with Crippen LogP contribution in [0.3, 0.4) is 0 Å². The smallest absolute Gasteiger partial charge is 0.161 e. The van der Waals surface area contributed by atoms with E-state index >= 15 is 0 Å². The highest BCUT2D eigenvalue weighted by Gasteiger charge is 2.59. The Morgan fingerprint density at radius 1 is 0.793 bits per heavy atom. The molecule has 2 aromatic carbocycles. The second kappa shape index (κ2) is 7.74. The maximum atomic E-state index is 11.5. The predicted molar refractivity (Wildman–Crippen MR) is 105 cm³/mol. The van der Waals surface area contributed by atoms with Crippen LogP contribution in [0.25, 0.3) is 0 Å². The van der Waals surface area contributed by atoms with E-state index in [0.29, 0.717) is 29.6 Å². The van der Waals surface area contributed by atoms with Gasteiger partial charge in [-0.3, -0.25) is 0 Å². The fourth-order valence-electron chi connectivity index (χ4n) is 4.31. The summed E-state index contributed by atoms with van der Waals surface area (Å²) in [5.74, 6) is 2.29. The number of methoxy groups -OCH3 is 4. The predicted octanol–water partition coefficient (Wildman–Crippen LogP) is 2.91. The van der Waals surface area contributed by atoms with E-state index in [4.69, 9.17) is 28.4 Å². The average molecular weight is 402 g/mol. The summed E-state index contributed by atoms with van der Waals surface area (Å²) in [6.07, 6.45) is -0.817. The van der Waals surface area contributed by atoms with E-state index in [1.165, 1.54) is 0 Å². The molecule has 0 bridgehead atoms. The molecule has 2 fully saturated rings. The lowest BCUT2D eigenvalue weighted by Gasteiger charge is -2.27. The van der Waals surface area contributed by atoms with Crippen LogP contribution in [0.5, 0.6) is 23.0 Å². The summed E-state index contributed by atoms with van der Waals surface area (Å²) in [7, 11) is 6.37. The molecule has 0 unspecified atom stereocenters. The van der Waals surface area contributed by atoms with Gasteiger partial charge in [0.25, 0.3) is 0 Å². The fourth-order valence-corrected chi connectivity index (χ4v) is 4.31. The van der Waals surface area contributed by atoms with Crippen LogP contribution < -0.4 is 18.9 Å². The lowest BCUT2D eigenvalue weighted by atomic mass is 9.81. The Bertz CT molecular complexity index is 883. The number of aliphatic hydroxyl groups is 1. The van der Waals surface area contributed by atoms with Crippen LogP contribution in [0.4, 0.5) is 0 Å². The first-order valence-electron chi connectivity index (χ1n) is 9.45. The van der Waals surface area contributed by atoms with E-state index < -0.39 is 11.7 Å². The van der Waals surface area contributed by atoms with Gasteiger partial charge in [-0.25, -0.2) is 0 Å². The fraction of sp³-hybridized carbons (Fsp3) is 0.455. The molecular weight excluding hydrogens is 376 g/mol. The van der Waals surface area contributed by atoms with E-state index in [1.807, 2.05) is 36.4 Å². The first-order valence-corrected chi connectivity index (χ1v) is 9.45. The van der Waals surface area contributed by atoms with Gasteiger partial charge in [-0.05, 0) is 35.4 Å². The maximum absolute atomic E-state index is 11.5. The summed E-state index contributed by atoms with van der Waals surface area (Å²) in [6.45, 7) is 0.560. The molecule has 2 aromatic rings. The Balaban J connectivity index is 1.63. The molecule has 7 nitrogen and oxygen atoms in total. The normalized spacial score (nSPS) is 28.1. The Morgan fingerprint density at radius 3 is 1.93 bits per heavy atom. The van der Waals surface area contributed by atoms with Crippen LogP contribution in [-0.2, 0) is 9.47 Å². The lowest BCUT2D eigenvalue weighted by molar-refractivity contribution is -0.0628. The van der Waals surface area contributed by atoms with Gasteiger partial charge in [0.05, 0.1) is 47.8 Å². The van der Waals surface area contributed by atoms with Crippen molar-refractivity contribution in [1.82, 2.24) is 0 Å². The van der Waals surface area contributed by atoms with E-state index in [1.54, 1.807) is 28.4 Å². The minimum atomic E-state index is -1.14. The van der Waals surface area contributed by atoms with E-state index in [2.05, 4.69) is 0 Å². The quantitative estimate of drug-likeness (QED) is 0.796. The summed E-state index contributed by atoms with van der Waals surface area (Å²) in [6, 6.07) is 11.2. The third-order valence-corrected chi connectivity index (χ3v) is 5.84. The summed E-state index contributed by atoms with van der Waals surface area (Å²) >= 11 is 0. The zero-order valence-corrected chi connectivity index (χ0v) is 17.0. The highest BCUT2D eigenvalue weighted by Crippen LogP contribution is 2.54. The number of rotatable bonds is 6. The van der Waals surface area contributed by atoms with Crippen molar-refractivity contribution < 1.29 is 33.5 Å². The summed E-state index contributed by atoms with van der Waals surface area (Å²) in [4.78, 5) is 0. The number of fused-ring (bicyclic) bond motifs is 1. The number of ether oxygens (including phenoxy) is 6. The molecule has 0 saturated carbocycles. The standard InChI is InChI=1S/C22H26O7/c1-24-16-7-5-13(9-18(16)26-3)20-15-11-28-21(22(15,23)12-29-20)14-6-8-17(25-2)19(10-14)27-4/h5-10,15,20-21,23H,11-12H2,1-4H3/t15-,20-,21-,22-/m1/s1. The van der Waals surface area contributed by atoms with Gasteiger partial charge in [-0.15, -0.1) is 0 Å². The highest BCUT2D eigenvalue weighted by atomic mass is 16.6. The third kappa shape index (κ3) is 3.19. The topological polar surface area (TPSA) is 75.6 Å². The van der Waals surface area contributed by atoms with Gasteiger partial charge in [-0.2, -0.15) is 0 Å². The zero-order chi connectivity index (χ0) is 20.6. The SMILES string of the molecule is COc1ccc([C@H]2OC[C@]3(O)[C@@H](c4ccc(OC)c(OC)c4)OC[C@H]23)cc1OC. The summed E-state index contributed by atoms with van der Waals surface area (Å²) in [5.41, 5.74) is 0.599. The van der Waals surface area contributed by atoms with E-state index in [9.17, 15) is 5.11 Å². The molecule has 0 amide bonds. The van der Waals surface area contributed by atoms with Crippen LogP contribution in [-0.4, -0.2) is 52.4 Å². The first kappa shape index (κ1) is 19.8. The van der Waals surface area contributed by atoms with Crippen molar-refractivity contribution in [1.29, 1.82) is 0 Å². The van der Waals surface area contributed by atoms with Crippen LogP contribution >= 0.6 is 0 Å². The Morgan fingerprint density at radius 2 is 1.34 bits per heavy atom. The molecule has 0 aliphatic carbocycles. The van der Waals surface area contributed by atoms with Gasteiger partial charge in [0.1, 0.15) is 11.7 Å². The Kier molecular flexibility index (Phi) is 5.29. The molecule has 0 radical (unpaired) electrons. The van der Waals surface area contributed by atoms with E-state index in [0.717, 1.165) is 11.1 Å². The molecule has 4 rings (SSSR count). The molecule has 4 atom stereocenters. The average Bonchev–Trinajstić information content (AvgIpc) is 3.27. The minimum Gasteiger partial charge on any atom is -0.493 e. The molecule has 2 aliphatic heterocycles. The zero-order valence-electron chi connectivity index (χ0n) is 17.0. The van der Waals surface area contributed by atoms with Crippen molar-refractivity contribution in [2.45, 2.75) is 17.8 Å². The molecule has 2 heterocycles. The van der Waals surface area contributed by atoms with Gasteiger partial charge in [0.15, 0.2) is 23.0 Å². The van der Waals surface area contributed by atoms with Crippen molar-refractivity contribution in [2.75, 3.05) is 41.7 Å². The molecule has 0 aromatic heterocycles. The second-order valence-corrected chi connectivity index (χ2v) is 7.27. The van der Waals surface area contributed by atoms with Crippen molar-refractivity contribution in [3.8, 4) is 23.0 Å². The number of hydrogen-bond acceptors (Lipinski definition) is 7. The van der Waals surface area contributed by atoms with Crippen LogP contribution in [0.2, 0.25) is 0 Å². The third-order valence-electron chi connectivity index (χ3n) is 5.84. The van der Waals surface area contributed by atoms with Gasteiger partial charge >= 0.3 is 0 Å². The second-order valence-electron chi connectivity index (χ2n) is 7.27. The Hall–Kier alpha value is -2.48. The van der Waals surface area contributed by atoms with Gasteiger partial charge in [-0.1, -0.05) is 12.1 Å². The number of benzene rings is 2. The minimum absolute atomic E-state index is 0.176. The molecular formula is C22H26O7. The monoisotopic (exact) mass is 402 g/mol. The summed E-state index contributed by atoms with van der Waals surface area (Å²) in [5, 5.41) is 11.5. The van der Waals surface area contributed by atoms with Crippen molar-refractivity contribution in [3.63, 3.8) is 0 Å². The number of hydrogen-bond donors (Lipinski definition) is 1.